The molecule has 3 nitrogen and oxygen atoms in total. The van der Waals surface area contributed by atoms with Crippen molar-refractivity contribution in [3.8, 4) is 0 Å². The molecule has 1 aliphatic carbocycles. The van der Waals surface area contributed by atoms with E-state index in [4.69, 9.17) is 10.2 Å². The van der Waals surface area contributed by atoms with Crippen molar-refractivity contribution in [2.75, 3.05) is 0 Å². The van der Waals surface area contributed by atoms with E-state index in [1.54, 1.807) is 6.26 Å². The average Bonchev–Trinajstić information content (AvgIpc) is 3.05. The van der Waals surface area contributed by atoms with Crippen LogP contribution in [0.5, 0.6) is 0 Å². The predicted octanol–water partition coefficient (Wildman–Crippen LogP) is 3.40. The van der Waals surface area contributed by atoms with Gasteiger partial charge in [-0.2, -0.15) is 0 Å². The van der Waals surface area contributed by atoms with Crippen LogP contribution in [0.1, 0.15) is 52.7 Å². The lowest BCUT2D eigenvalue weighted by atomic mass is 9.80. The summed E-state index contributed by atoms with van der Waals surface area (Å²) in [6.45, 7) is 9.95. The molecule has 0 bridgehead atoms. The molecule has 0 saturated heterocycles. The third kappa shape index (κ3) is 3.61. The van der Waals surface area contributed by atoms with E-state index in [0.29, 0.717) is 12.1 Å². The van der Waals surface area contributed by atoms with Crippen LogP contribution in [0.3, 0.4) is 0 Å². The van der Waals surface area contributed by atoms with Gasteiger partial charge in [0.1, 0.15) is 5.76 Å². The minimum absolute atomic E-state index is 0.185. The van der Waals surface area contributed by atoms with E-state index < -0.39 is 0 Å². The largest absolute Gasteiger partial charge is 0.468 e. The minimum Gasteiger partial charge on any atom is -0.468 e. The second-order valence-corrected chi connectivity index (χ2v) is 6.87. The third-order valence-electron chi connectivity index (χ3n) is 4.06. The summed E-state index contributed by atoms with van der Waals surface area (Å²) in [6, 6.07) is 5.33. The molecule has 1 heterocycles. The molecule has 2 rings (SSSR count). The number of nitrogens with two attached hydrogens (primary N) is 1. The number of hydrogen-bond donors (Lipinski definition) is 1. The second-order valence-electron chi connectivity index (χ2n) is 6.87. The molecule has 0 amide bonds. The highest BCUT2D eigenvalue weighted by Gasteiger charge is 2.41. The summed E-state index contributed by atoms with van der Waals surface area (Å²) in [5.41, 5.74) is 6.61. The van der Waals surface area contributed by atoms with Gasteiger partial charge in [-0.1, -0.05) is 27.7 Å². The van der Waals surface area contributed by atoms with Crippen LogP contribution in [0.15, 0.2) is 22.8 Å². The summed E-state index contributed by atoms with van der Waals surface area (Å²) in [5, 5.41) is 0. The molecule has 2 atom stereocenters. The van der Waals surface area contributed by atoms with Crippen molar-refractivity contribution in [2.45, 2.75) is 71.6 Å². The average molecular weight is 264 g/mol. The van der Waals surface area contributed by atoms with E-state index in [9.17, 15) is 0 Å². The van der Waals surface area contributed by atoms with E-state index in [1.807, 2.05) is 6.07 Å². The quantitative estimate of drug-likeness (QED) is 0.856. The molecule has 0 radical (unpaired) electrons. The van der Waals surface area contributed by atoms with Gasteiger partial charge in [-0.15, -0.1) is 0 Å². The van der Waals surface area contributed by atoms with Crippen LogP contribution in [0, 0.1) is 5.41 Å². The highest BCUT2D eigenvalue weighted by Crippen LogP contribution is 2.37. The lowest BCUT2D eigenvalue weighted by molar-refractivity contribution is 0.0565. The van der Waals surface area contributed by atoms with Crippen LogP contribution in [-0.2, 0) is 6.54 Å². The minimum atomic E-state index is 0.185. The fourth-order valence-electron chi connectivity index (χ4n) is 3.05. The van der Waals surface area contributed by atoms with Crippen LogP contribution in [-0.4, -0.2) is 23.0 Å². The SMILES string of the molecule is CCC(N)C(N(Cc1ccco1)C1CC1)C(C)(C)C. The number of furan rings is 1. The van der Waals surface area contributed by atoms with E-state index in [2.05, 4.69) is 38.7 Å². The highest BCUT2D eigenvalue weighted by molar-refractivity contribution is 5.03. The van der Waals surface area contributed by atoms with Gasteiger partial charge in [0.05, 0.1) is 12.8 Å². The topological polar surface area (TPSA) is 42.4 Å². The summed E-state index contributed by atoms with van der Waals surface area (Å²) >= 11 is 0. The zero-order valence-electron chi connectivity index (χ0n) is 12.7. The standard InChI is InChI=1S/C16H28N2O/c1-5-14(17)15(16(2,3)4)18(12-8-9-12)11-13-7-6-10-19-13/h6-7,10,12,14-15H,5,8-9,11,17H2,1-4H3. The molecule has 19 heavy (non-hydrogen) atoms. The van der Waals surface area contributed by atoms with Crippen molar-refractivity contribution in [3.63, 3.8) is 0 Å². The molecule has 1 aliphatic rings. The normalized spacial score (nSPS) is 19.7. The van der Waals surface area contributed by atoms with E-state index in [-0.39, 0.29) is 11.5 Å². The Morgan fingerprint density at radius 3 is 2.53 bits per heavy atom. The van der Waals surface area contributed by atoms with Gasteiger partial charge in [-0.25, -0.2) is 0 Å². The van der Waals surface area contributed by atoms with E-state index in [0.717, 1.165) is 18.7 Å². The lowest BCUT2D eigenvalue weighted by Gasteiger charge is -2.43. The first-order chi connectivity index (χ1) is 8.93. The predicted molar refractivity (Wildman–Crippen MR) is 78.8 cm³/mol. The molecule has 0 spiro atoms. The molecule has 1 aromatic heterocycles. The summed E-state index contributed by atoms with van der Waals surface area (Å²) in [5.74, 6) is 1.05. The molecule has 1 aromatic rings. The number of nitrogens with zero attached hydrogens (tertiary/aromatic N) is 1. The first-order valence-electron chi connectivity index (χ1n) is 7.47. The van der Waals surface area contributed by atoms with E-state index >= 15 is 0 Å². The fourth-order valence-corrected chi connectivity index (χ4v) is 3.05. The molecule has 1 fully saturated rings. The molecule has 108 valence electrons. The van der Waals surface area contributed by atoms with Gasteiger partial charge >= 0.3 is 0 Å². The van der Waals surface area contributed by atoms with Gasteiger partial charge < -0.3 is 10.2 Å². The first-order valence-corrected chi connectivity index (χ1v) is 7.47. The zero-order chi connectivity index (χ0) is 14.0. The van der Waals surface area contributed by atoms with Gasteiger partial charge in [-0.3, -0.25) is 4.90 Å². The molecule has 2 N–H and O–H groups in total. The van der Waals surface area contributed by atoms with Crippen molar-refractivity contribution in [1.82, 2.24) is 4.90 Å². The Morgan fingerprint density at radius 1 is 1.42 bits per heavy atom. The lowest BCUT2D eigenvalue weighted by Crippen LogP contribution is -2.55. The molecule has 0 aliphatic heterocycles. The zero-order valence-corrected chi connectivity index (χ0v) is 12.7. The van der Waals surface area contributed by atoms with Crippen molar-refractivity contribution < 1.29 is 4.42 Å². The van der Waals surface area contributed by atoms with Gasteiger partial charge in [0, 0.05) is 18.1 Å². The van der Waals surface area contributed by atoms with Crippen molar-refractivity contribution in [2.24, 2.45) is 11.1 Å². The Morgan fingerprint density at radius 2 is 2.11 bits per heavy atom. The van der Waals surface area contributed by atoms with Gasteiger partial charge in [-0.05, 0) is 36.8 Å². The molecule has 0 aromatic carbocycles. The Bertz CT molecular complexity index is 376. The Balaban J connectivity index is 2.19. The van der Waals surface area contributed by atoms with Crippen LogP contribution in [0.4, 0.5) is 0 Å². The second kappa shape index (κ2) is 5.68. The first kappa shape index (κ1) is 14.6. The maximum Gasteiger partial charge on any atom is 0.117 e. The number of rotatable bonds is 6. The van der Waals surface area contributed by atoms with Crippen molar-refractivity contribution in [3.05, 3.63) is 24.2 Å². The van der Waals surface area contributed by atoms with Gasteiger partial charge in [0.15, 0.2) is 0 Å². The monoisotopic (exact) mass is 264 g/mol. The van der Waals surface area contributed by atoms with Crippen LogP contribution in [0.2, 0.25) is 0 Å². The Kier molecular flexibility index (Phi) is 4.36. The Labute approximate surface area is 117 Å². The maximum atomic E-state index is 6.43. The highest BCUT2D eigenvalue weighted by atomic mass is 16.3. The van der Waals surface area contributed by atoms with Crippen molar-refractivity contribution >= 4 is 0 Å². The summed E-state index contributed by atoms with van der Waals surface area (Å²) in [4.78, 5) is 2.58. The summed E-state index contributed by atoms with van der Waals surface area (Å²) in [6.07, 6.45) is 5.36. The van der Waals surface area contributed by atoms with Crippen molar-refractivity contribution in [1.29, 1.82) is 0 Å². The van der Waals surface area contributed by atoms with E-state index in [1.165, 1.54) is 12.8 Å². The smallest absolute Gasteiger partial charge is 0.117 e. The Hall–Kier alpha value is -0.800. The third-order valence-corrected chi connectivity index (χ3v) is 4.06. The molecule has 2 unspecified atom stereocenters. The number of hydrogen-bond acceptors (Lipinski definition) is 3. The molecule has 3 heteroatoms. The molecular formula is C16H28N2O. The van der Waals surface area contributed by atoms with Gasteiger partial charge in [0.2, 0.25) is 0 Å². The van der Waals surface area contributed by atoms with Gasteiger partial charge in [0.25, 0.3) is 0 Å². The van der Waals surface area contributed by atoms with Crippen LogP contribution < -0.4 is 5.73 Å². The molecular weight excluding hydrogens is 236 g/mol. The summed E-state index contributed by atoms with van der Waals surface area (Å²) < 4.78 is 5.54. The summed E-state index contributed by atoms with van der Waals surface area (Å²) in [7, 11) is 0. The molecule has 1 saturated carbocycles. The van der Waals surface area contributed by atoms with Crippen LogP contribution in [0.25, 0.3) is 0 Å². The fraction of sp³-hybridized carbons (Fsp3) is 0.750. The maximum absolute atomic E-state index is 6.43. The van der Waals surface area contributed by atoms with Crippen LogP contribution >= 0.6 is 0 Å².